The minimum atomic E-state index is -0.866. The summed E-state index contributed by atoms with van der Waals surface area (Å²) in [6.45, 7) is 1.89. The molecule has 1 aromatic rings. The van der Waals surface area contributed by atoms with Crippen LogP contribution in [0.3, 0.4) is 0 Å². The maximum absolute atomic E-state index is 10.8. The summed E-state index contributed by atoms with van der Waals surface area (Å²) in [6, 6.07) is 1.57. The Morgan fingerprint density at radius 2 is 2.37 bits per heavy atom. The molecule has 0 aliphatic carbocycles. The van der Waals surface area contributed by atoms with Crippen molar-refractivity contribution in [1.82, 2.24) is 5.43 Å². The summed E-state index contributed by atoms with van der Waals surface area (Å²) in [7, 11) is 0. The topological polar surface area (TPSA) is 140 Å². The minimum absolute atomic E-state index is 0.0442. The van der Waals surface area contributed by atoms with E-state index >= 15 is 0 Å². The molecular formula is C10H12N4O5. The first kappa shape index (κ1) is 14.2. The molecule has 0 bridgehead atoms. The Balaban J connectivity index is 3.14. The second-order valence-corrected chi connectivity index (χ2v) is 3.31. The molecule has 0 radical (unpaired) electrons. The standard InChI is InChI=1S/C10H12N4O5/c1-2-19-8-4-6(5-12-13-10(11)16)3-7(9(8)15)14(17)18/h3-5,15H,2H2,1H3,(H3,11,13,16)/b12-5+. The van der Waals surface area contributed by atoms with E-state index in [1.165, 1.54) is 6.07 Å². The van der Waals surface area contributed by atoms with Crippen LogP contribution in [0, 0.1) is 10.1 Å². The molecule has 0 fully saturated rings. The monoisotopic (exact) mass is 268 g/mol. The van der Waals surface area contributed by atoms with E-state index in [2.05, 4.69) is 5.10 Å². The third-order valence-corrected chi connectivity index (χ3v) is 1.96. The molecule has 0 saturated carbocycles. The zero-order valence-electron chi connectivity index (χ0n) is 9.99. The predicted molar refractivity (Wildman–Crippen MR) is 66.2 cm³/mol. The van der Waals surface area contributed by atoms with Gasteiger partial charge < -0.3 is 15.6 Å². The van der Waals surface area contributed by atoms with Crippen LogP contribution < -0.4 is 15.9 Å². The van der Waals surface area contributed by atoms with Crippen LogP contribution in [0.5, 0.6) is 11.5 Å². The predicted octanol–water partition coefficient (Wildman–Crippen LogP) is 0.701. The van der Waals surface area contributed by atoms with Crippen LogP contribution in [0.2, 0.25) is 0 Å². The number of nitro groups is 1. The Kier molecular flexibility index (Phi) is 4.63. The highest BCUT2D eigenvalue weighted by molar-refractivity contribution is 5.84. The maximum atomic E-state index is 10.8. The van der Waals surface area contributed by atoms with Crippen LogP contribution in [0.1, 0.15) is 12.5 Å². The van der Waals surface area contributed by atoms with Crippen LogP contribution >= 0.6 is 0 Å². The first-order chi connectivity index (χ1) is 8.95. The molecule has 0 spiro atoms. The molecule has 2 amide bonds. The van der Waals surface area contributed by atoms with E-state index in [9.17, 15) is 20.0 Å². The fourth-order valence-electron chi connectivity index (χ4n) is 1.26. The number of ether oxygens (including phenoxy) is 1. The number of urea groups is 1. The van der Waals surface area contributed by atoms with E-state index in [1.807, 2.05) is 5.43 Å². The summed E-state index contributed by atoms with van der Waals surface area (Å²) in [5, 5.41) is 23.9. The third kappa shape index (κ3) is 3.84. The quantitative estimate of drug-likeness (QED) is 0.409. The molecule has 9 heteroatoms. The number of hydrogen-bond donors (Lipinski definition) is 3. The van der Waals surface area contributed by atoms with Gasteiger partial charge >= 0.3 is 11.7 Å². The van der Waals surface area contributed by atoms with Crippen LogP contribution in [0.15, 0.2) is 17.2 Å². The van der Waals surface area contributed by atoms with Gasteiger partial charge in [-0.3, -0.25) is 10.1 Å². The van der Waals surface area contributed by atoms with Crippen molar-refractivity contribution in [2.75, 3.05) is 6.61 Å². The Morgan fingerprint density at radius 1 is 1.68 bits per heavy atom. The Hall–Kier alpha value is -2.84. The van der Waals surface area contributed by atoms with Gasteiger partial charge in [0.1, 0.15) is 0 Å². The van der Waals surface area contributed by atoms with Crippen molar-refractivity contribution in [3.63, 3.8) is 0 Å². The zero-order chi connectivity index (χ0) is 14.4. The highest BCUT2D eigenvalue weighted by Gasteiger charge is 2.19. The summed E-state index contributed by atoms with van der Waals surface area (Å²) >= 11 is 0. The molecule has 1 rings (SSSR count). The molecular weight excluding hydrogens is 256 g/mol. The molecule has 0 aliphatic rings. The van der Waals surface area contributed by atoms with Gasteiger partial charge in [-0.15, -0.1) is 0 Å². The minimum Gasteiger partial charge on any atom is -0.500 e. The molecule has 0 atom stereocenters. The van der Waals surface area contributed by atoms with Crippen molar-refractivity contribution in [3.8, 4) is 11.5 Å². The van der Waals surface area contributed by atoms with Crippen molar-refractivity contribution in [2.45, 2.75) is 6.92 Å². The molecule has 0 aliphatic heterocycles. The Morgan fingerprint density at radius 3 is 2.89 bits per heavy atom. The third-order valence-electron chi connectivity index (χ3n) is 1.96. The number of aromatic hydroxyl groups is 1. The fraction of sp³-hybridized carbons (Fsp3) is 0.200. The lowest BCUT2D eigenvalue weighted by Crippen LogP contribution is -2.24. The summed E-state index contributed by atoms with van der Waals surface area (Å²) in [5.41, 5.74) is 6.49. The van der Waals surface area contributed by atoms with Crippen LogP contribution in [0.25, 0.3) is 0 Å². The number of carbonyl (C=O) groups is 1. The number of nitro benzene ring substituents is 1. The first-order valence-electron chi connectivity index (χ1n) is 5.18. The number of nitrogens with zero attached hydrogens (tertiary/aromatic N) is 2. The van der Waals surface area contributed by atoms with E-state index < -0.39 is 22.4 Å². The number of nitrogens with two attached hydrogens (primary N) is 1. The maximum Gasteiger partial charge on any atom is 0.332 e. The molecule has 9 nitrogen and oxygen atoms in total. The largest absolute Gasteiger partial charge is 0.500 e. The van der Waals surface area contributed by atoms with Gasteiger partial charge in [0, 0.05) is 11.6 Å². The SMILES string of the molecule is CCOc1cc(/C=N/NC(N)=O)cc([N+](=O)[O-])c1O. The van der Waals surface area contributed by atoms with E-state index in [0.29, 0.717) is 0 Å². The summed E-state index contributed by atoms with van der Waals surface area (Å²) in [6.07, 6.45) is 1.14. The van der Waals surface area contributed by atoms with Gasteiger partial charge in [-0.05, 0) is 13.0 Å². The number of carbonyl (C=O) groups excluding carboxylic acids is 1. The number of hydrazone groups is 1. The average molecular weight is 268 g/mol. The number of phenols is 1. The lowest BCUT2D eigenvalue weighted by Gasteiger charge is -2.07. The number of hydrogen-bond acceptors (Lipinski definition) is 6. The number of nitrogens with one attached hydrogen (secondary N) is 1. The smallest absolute Gasteiger partial charge is 0.332 e. The van der Waals surface area contributed by atoms with Gasteiger partial charge in [0.25, 0.3) is 0 Å². The lowest BCUT2D eigenvalue weighted by atomic mass is 10.2. The van der Waals surface area contributed by atoms with Crippen LogP contribution in [-0.2, 0) is 0 Å². The van der Waals surface area contributed by atoms with E-state index in [4.69, 9.17) is 10.5 Å². The number of rotatable bonds is 5. The second kappa shape index (κ2) is 6.19. The van der Waals surface area contributed by atoms with Gasteiger partial charge in [-0.25, -0.2) is 10.2 Å². The van der Waals surface area contributed by atoms with E-state index in [0.717, 1.165) is 12.3 Å². The number of amides is 2. The summed E-state index contributed by atoms with van der Waals surface area (Å²) < 4.78 is 5.07. The number of benzene rings is 1. The average Bonchev–Trinajstić information content (AvgIpc) is 2.32. The lowest BCUT2D eigenvalue weighted by molar-refractivity contribution is -0.386. The Bertz CT molecular complexity index is 529. The number of primary amides is 1. The number of phenolic OH excluding ortho intramolecular Hbond substituents is 1. The second-order valence-electron chi connectivity index (χ2n) is 3.31. The zero-order valence-corrected chi connectivity index (χ0v) is 9.99. The molecule has 0 aromatic heterocycles. The van der Waals surface area contributed by atoms with Crippen LogP contribution in [0.4, 0.5) is 10.5 Å². The molecule has 0 heterocycles. The summed E-state index contributed by atoms with van der Waals surface area (Å²) in [4.78, 5) is 20.4. The molecule has 4 N–H and O–H groups in total. The van der Waals surface area contributed by atoms with E-state index in [1.54, 1.807) is 6.92 Å². The van der Waals surface area contributed by atoms with Crippen molar-refractivity contribution in [1.29, 1.82) is 0 Å². The molecule has 0 unspecified atom stereocenters. The highest BCUT2D eigenvalue weighted by Crippen LogP contribution is 2.36. The molecule has 19 heavy (non-hydrogen) atoms. The molecule has 102 valence electrons. The first-order valence-corrected chi connectivity index (χ1v) is 5.18. The van der Waals surface area contributed by atoms with Crippen molar-refractivity contribution in [3.05, 3.63) is 27.8 Å². The fourth-order valence-corrected chi connectivity index (χ4v) is 1.26. The van der Waals surface area contributed by atoms with Crippen molar-refractivity contribution < 1.29 is 19.6 Å². The van der Waals surface area contributed by atoms with Gasteiger partial charge in [0.05, 0.1) is 17.7 Å². The summed E-state index contributed by atoms with van der Waals surface area (Å²) in [5.74, 6) is -0.607. The van der Waals surface area contributed by atoms with Crippen molar-refractivity contribution >= 4 is 17.9 Å². The molecule has 0 saturated heterocycles. The molecule has 1 aromatic carbocycles. The van der Waals surface area contributed by atoms with E-state index in [-0.39, 0.29) is 17.9 Å². The normalized spacial score (nSPS) is 10.4. The van der Waals surface area contributed by atoms with Gasteiger partial charge in [0.2, 0.25) is 5.75 Å². The van der Waals surface area contributed by atoms with Gasteiger partial charge in [-0.2, -0.15) is 5.10 Å². The van der Waals surface area contributed by atoms with Gasteiger partial charge in [-0.1, -0.05) is 0 Å². The van der Waals surface area contributed by atoms with Crippen molar-refractivity contribution in [2.24, 2.45) is 10.8 Å². The van der Waals surface area contributed by atoms with Gasteiger partial charge in [0.15, 0.2) is 5.75 Å². The van der Waals surface area contributed by atoms with Crippen LogP contribution in [-0.4, -0.2) is 28.9 Å². The highest BCUT2D eigenvalue weighted by atomic mass is 16.6. The Labute approximate surface area is 107 Å².